The Morgan fingerprint density at radius 1 is 1.47 bits per heavy atom. The first-order valence-electron chi connectivity index (χ1n) is 4.66. The highest BCUT2D eigenvalue weighted by molar-refractivity contribution is 8.01. The minimum Gasteiger partial charge on any atom is -0.391 e. The lowest BCUT2D eigenvalue weighted by molar-refractivity contribution is 0.208. The van der Waals surface area contributed by atoms with E-state index in [1.165, 1.54) is 4.70 Å². The molecular weight excluding hydrogens is 228 g/mol. The molecule has 1 aromatic heterocycles. The summed E-state index contributed by atoms with van der Waals surface area (Å²) in [5.41, 5.74) is 6.35. The summed E-state index contributed by atoms with van der Waals surface area (Å²) in [7, 11) is 0. The molecule has 0 bridgehead atoms. The zero-order chi connectivity index (χ0) is 10.7. The highest BCUT2D eigenvalue weighted by atomic mass is 32.2. The molecule has 0 saturated carbocycles. The molecule has 80 valence electrons. The molecule has 0 fully saturated rings. The van der Waals surface area contributed by atoms with Crippen molar-refractivity contribution in [3.63, 3.8) is 0 Å². The van der Waals surface area contributed by atoms with Gasteiger partial charge in [-0.2, -0.15) is 0 Å². The van der Waals surface area contributed by atoms with Crippen molar-refractivity contribution in [2.75, 3.05) is 12.3 Å². The van der Waals surface area contributed by atoms with Crippen LogP contribution in [0.1, 0.15) is 0 Å². The van der Waals surface area contributed by atoms with E-state index in [0.717, 1.165) is 9.86 Å². The standard InChI is InChI=1S/C10H12N2OS2/c11-5-7(13)6-14-10-12-8-3-1-2-4-9(8)15-10/h1-4,7,13H,5-6,11H2. The molecule has 0 amide bonds. The number of aliphatic hydroxyl groups excluding tert-OH is 1. The number of rotatable bonds is 4. The van der Waals surface area contributed by atoms with E-state index >= 15 is 0 Å². The Hall–Kier alpha value is -0.620. The lowest BCUT2D eigenvalue weighted by atomic mass is 10.3. The number of nitrogens with two attached hydrogens (primary N) is 1. The minimum absolute atomic E-state index is 0.303. The lowest BCUT2D eigenvalue weighted by Crippen LogP contribution is -2.21. The number of thioether (sulfide) groups is 1. The van der Waals surface area contributed by atoms with E-state index in [0.29, 0.717) is 12.3 Å². The summed E-state index contributed by atoms with van der Waals surface area (Å²) in [6.45, 7) is 0.303. The van der Waals surface area contributed by atoms with Crippen molar-refractivity contribution >= 4 is 33.3 Å². The molecule has 0 aliphatic heterocycles. The normalized spacial score (nSPS) is 13.2. The second-order valence-electron chi connectivity index (χ2n) is 3.15. The van der Waals surface area contributed by atoms with Gasteiger partial charge in [-0.05, 0) is 12.1 Å². The molecule has 0 spiro atoms. The Morgan fingerprint density at radius 2 is 2.27 bits per heavy atom. The van der Waals surface area contributed by atoms with Gasteiger partial charge in [-0.1, -0.05) is 23.9 Å². The number of para-hydroxylation sites is 1. The predicted octanol–water partition coefficient (Wildman–Crippen LogP) is 1.71. The maximum absolute atomic E-state index is 9.33. The molecule has 0 radical (unpaired) electrons. The Balaban J connectivity index is 2.09. The van der Waals surface area contributed by atoms with Gasteiger partial charge in [-0.3, -0.25) is 0 Å². The molecule has 1 atom stereocenters. The zero-order valence-corrected chi connectivity index (χ0v) is 9.72. The molecule has 1 heterocycles. The van der Waals surface area contributed by atoms with Gasteiger partial charge in [0, 0.05) is 12.3 Å². The third-order valence-electron chi connectivity index (χ3n) is 1.95. The van der Waals surface area contributed by atoms with Gasteiger partial charge in [0.05, 0.1) is 16.3 Å². The predicted molar refractivity (Wildman–Crippen MR) is 65.4 cm³/mol. The molecule has 1 aromatic carbocycles. The molecule has 0 aliphatic rings. The third-order valence-corrected chi connectivity index (χ3v) is 4.27. The van der Waals surface area contributed by atoms with E-state index < -0.39 is 6.10 Å². The number of aliphatic hydroxyl groups is 1. The van der Waals surface area contributed by atoms with Gasteiger partial charge in [-0.15, -0.1) is 11.3 Å². The average Bonchev–Trinajstić information content (AvgIpc) is 2.68. The number of hydrogen-bond acceptors (Lipinski definition) is 5. The number of nitrogens with zero attached hydrogens (tertiary/aromatic N) is 1. The summed E-state index contributed by atoms with van der Waals surface area (Å²) in [5, 5.41) is 9.33. The van der Waals surface area contributed by atoms with Crippen molar-refractivity contribution in [3.05, 3.63) is 24.3 Å². The van der Waals surface area contributed by atoms with Crippen molar-refractivity contribution < 1.29 is 5.11 Å². The smallest absolute Gasteiger partial charge is 0.151 e. The van der Waals surface area contributed by atoms with Crippen LogP contribution in [0.2, 0.25) is 0 Å². The maximum atomic E-state index is 9.33. The Morgan fingerprint density at radius 3 is 3.00 bits per heavy atom. The summed E-state index contributed by atoms with van der Waals surface area (Å²) < 4.78 is 2.17. The second-order valence-corrected chi connectivity index (χ2v) is 5.45. The van der Waals surface area contributed by atoms with Crippen molar-refractivity contribution in [1.29, 1.82) is 0 Å². The highest BCUT2D eigenvalue weighted by Gasteiger charge is 2.06. The van der Waals surface area contributed by atoms with Crippen molar-refractivity contribution in [2.45, 2.75) is 10.4 Å². The van der Waals surface area contributed by atoms with Crippen molar-refractivity contribution in [2.24, 2.45) is 5.73 Å². The van der Waals surface area contributed by atoms with Crippen LogP contribution in [0, 0.1) is 0 Å². The minimum atomic E-state index is -0.443. The number of hydrogen-bond donors (Lipinski definition) is 2. The summed E-state index contributed by atoms with van der Waals surface area (Å²) in [4.78, 5) is 4.45. The Labute approximate surface area is 96.3 Å². The lowest BCUT2D eigenvalue weighted by Gasteiger charge is -2.03. The van der Waals surface area contributed by atoms with Gasteiger partial charge in [0.1, 0.15) is 0 Å². The van der Waals surface area contributed by atoms with Crippen LogP contribution in [0.5, 0.6) is 0 Å². The van der Waals surface area contributed by atoms with Crippen molar-refractivity contribution in [3.8, 4) is 0 Å². The maximum Gasteiger partial charge on any atom is 0.151 e. The first-order chi connectivity index (χ1) is 7.29. The fourth-order valence-corrected chi connectivity index (χ4v) is 3.19. The Bertz CT molecular complexity index is 411. The van der Waals surface area contributed by atoms with E-state index in [1.54, 1.807) is 23.1 Å². The van der Waals surface area contributed by atoms with Crippen LogP contribution in [-0.2, 0) is 0 Å². The SMILES string of the molecule is NCC(O)CSc1nc2ccccc2s1. The molecule has 5 heteroatoms. The van der Waals surface area contributed by atoms with E-state index in [9.17, 15) is 5.11 Å². The molecule has 3 nitrogen and oxygen atoms in total. The first-order valence-corrected chi connectivity index (χ1v) is 6.46. The largest absolute Gasteiger partial charge is 0.391 e. The van der Waals surface area contributed by atoms with Gasteiger partial charge in [0.2, 0.25) is 0 Å². The summed E-state index contributed by atoms with van der Waals surface area (Å²) >= 11 is 3.21. The van der Waals surface area contributed by atoms with E-state index in [-0.39, 0.29) is 0 Å². The van der Waals surface area contributed by atoms with Crippen LogP contribution >= 0.6 is 23.1 Å². The second kappa shape index (κ2) is 4.94. The molecule has 1 unspecified atom stereocenters. The summed E-state index contributed by atoms with van der Waals surface area (Å²) in [5.74, 6) is 0.607. The van der Waals surface area contributed by atoms with Crippen LogP contribution in [0.25, 0.3) is 10.2 Å². The van der Waals surface area contributed by atoms with Gasteiger partial charge in [-0.25, -0.2) is 4.98 Å². The molecule has 3 N–H and O–H groups in total. The van der Waals surface area contributed by atoms with Crippen molar-refractivity contribution in [1.82, 2.24) is 4.98 Å². The first kappa shape index (κ1) is 10.9. The zero-order valence-electron chi connectivity index (χ0n) is 8.09. The quantitative estimate of drug-likeness (QED) is 0.799. The average molecular weight is 240 g/mol. The van der Waals surface area contributed by atoms with Crippen LogP contribution in [0.3, 0.4) is 0 Å². The molecule has 15 heavy (non-hydrogen) atoms. The third kappa shape index (κ3) is 2.69. The van der Waals surface area contributed by atoms with Crippen LogP contribution in [0.4, 0.5) is 0 Å². The van der Waals surface area contributed by atoms with E-state index in [4.69, 9.17) is 5.73 Å². The fraction of sp³-hybridized carbons (Fsp3) is 0.300. The summed E-state index contributed by atoms with van der Waals surface area (Å²) in [6.07, 6.45) is -0.443. The van der Waals surface area contributed by atoms with E-state index in [2.05, 4.69) is 11.1 Å². The van der Waals surface area contributed by atoms with Crippen LogP contribution < -0.4 is 5.73 Å². The Kier molecular flexibility index (Phi) is 3.58. The number of aromatic nitrogens is 1. The summed E-state index contributed by atoms with van der Waals surface area (Å²) in [6, 6.07) is 8.03. The van der Waals surface area contributed by atoms with Gasteiger partial charge in [0.25, 0.3) is 0 Å². The number of fused-ring (bicyclic) bond motifs is 1. The van der Waals surface area contributed by atoms with Gasteiger partial charge >= 0.3 is 0 Å². The number of thiazole rings is 1. The number of benzene rings is 1. The molecule has 2 rings (SSSR count). The van der Waals surface area contributed by atoms with Crippen LogP contribution in [-0.4, -0.2) is 28.5 Å². The fourth-order valence-electron chi connectivity index (χ4n) is 1.15. The molecule has 0 aliphatic carbocycles. The molecule has 2 aromatic rings. The molecular formula is C10H12N2OS2. The topological polar surface area (TPSA) is 59.1 Å². The monoisotopic (exact) mass is 240 g/mol. The van der Waals surface area contributed by atoms with E-state index in [1.807, 2.05) is 18.2 Å². The van der Waals surface area contributed by atoms with Crippen LogP contribution in [0.15, 0.2) is 28.6 Å². The van der Waals surface area contributed by atoms with Gasteiger partial charge in [0.15, 0.2) is 4.34 Å². The highest BCUT2D eigenvalue weighted by Crippen LogP contribution is 2.29. The van der Waals surface area contributed by atoms with Gasteiger partial charge < -0.3 is 10.8 Å². The molecule has 0 saturated heterocycles.